The van der Waals surface area contributed by atoms with Gasteiger partial charge in [0, 0.05) is 0 Å². The monoisotopic (exact) mass is 243 g/mol. The average molecular weight is 244 g/mol. The predicted molar refractivity (Wildman–Crippen MR) is 44.3 cm³/mol. The third-order valence-electron chi connectivity index (χ3n) is 1.37. The molecule has 1 aromatic heterocycles. The van der Waals surface area contributed by atoms with Gasteiger partial charge in [-0.3, -0.25) is 4.79 Å². The van der Waals surface area contributed by atoms with Crippen molar-refractivity contribution in [1.82, 2.24) is 4.98 Å². The molecule has 1 aromatic rings. The first kappa shape index (κ1) is 11.3. The summed E-state index contributed by atoms with van der Waals surface area (Å²) in [6.45, 7) is 0. The van der Waals surface area contributed by atoms with Gasteiger partial charge in [-0.25, -0.2) is 13.8 Å². The number of aromatic nitrogens is 1. The fourth-order valence-electron chi connectivity index (χ4n) is 0.772. The molecular weight excluding hydrogens is 242 g/mol. The van der Waals surface area contributed by atoms with Crippen LogP contribution in [-0.4, -0.2) is 10.2 Å². The van der Waals surface area contributed by atoms with E-state index in [1.165, 1.54) is 0 Å². The molecule has 1 heterocycles. The van der Waals surface area contributed by atoms with Crippen molar-refractivity contribution in [1.29, 1.82) is 0 Å². The molecule has 0 aromatic carbocycles. The van der Waals surface area contributed by atoms with Crippen LogP contribution < -0.4 is 0 Å². The molecule has 14 heavy (non-hydrogen) atoms. The van der Waals surface area contributed by atoms with Gasteiger partial charge in [-0.15, -0.1) is 0 Å². The van der Waals surface area contributed by atoms with Crippen LogP contribution in [0.3, 0.4) is 0 Å². The summed E-state index contributed by atoms with van der Waals surface area (Å²) in [6, 6.07) is 0.658. The second kappa shape index (κ2) is 4.14. The summed E-state index contributed by atoms with van der Waals surface area (Å²) in [6.07, 6.45) is -2.99. The first-order valence-corrected chi connectivity index (χ1v) is 4.03. The van der Waals surface area contributed by atoms with E-state index in [0.29, 0.717) is 6.07 Å². The Bertz CT molecular complexity index is 383. The van der Waals surface area contributed by atoms with Crippen molar-refractivity contribution in [2.24, 2.45) is 0 Å². The number of hydrogen-bond acceptors (Lipinski definition) is 2. The highest BCUT2D eigenvalue weighted by atomic mass is 35.5. The molecule has 0 fully saturated rings. The Hall–Kier alpha value is -0.810. The van der Waals surface area contributed by atoms with Gasteiger partial charge in [0.2, 0.25) is 5.95 Å². The fourth-order valence-corrected chi connectivity index (χ4v) is 1.15. The minimum atomic E-state index is -2.99. The molecule has 0 spiro atoms. The highest BCUT2D eigenvalue weighted by molar-refractivity contribution is 6.68. The molecule has 0 radical (unpaired) electrons. The molecule has 0 aliphatic rings. The van der Waals surface area contributed by atoms with Crippen LogP contribution in [0.2, 0.25) is 5.02 Å². The summed E-state index contributed by atoms with van der Waals surface area (Å²) in [5, 5.41) is -1.77. The Kier molecular flexibility index (Phi) is 3.34. The van der Waals surface area contributed by atoms with Crippen molar-refractivity contribution >= 4 is 28.4 Å². The van der Waals surface area contributed by atoms with E-state index in [0.717, 1.165) is 0 Å². The number of halogens is 5. The number of hydrogen-bond donors (Lipinski definition) is 0. The summed E-state index contributed by atoms with van der Waals surface area (Å²) in [4.78, 5) is 13.5. The van der Waals surface area contributed by atoms with Crippen LogP contribution in [0.1, 0.15) is 22.5 Å². The van der Waals surface area contributed by atoms with Gasteiger partial charge in [-0.05, 0) is 17.7 Å². The zero-order valence-electron chi connectivity index (χ0n) is 6.40. The Morgan fingerprint density at radius 3 is 2.50 bits per heavy atom. The summed E-state index contributed by atoms with van der Waals surface area (Å²) in [5.74, 6) is -1.34. The second-order valence-electron chi connectivity index (χ2n) is 2.27. The van der Waals surface area contributed by atoms with Crippen molar-refractivity contribution in [3.8, 4) is 0 Å². The lowest BCUT2D eigenvalue weighted by Gasteiger charge is -2.03. The second-order valence-corrected chi connectivity index (χ2v) is 3.00. The van der Waals surface area contributed by atoms with Crippen LogP contribution >= 0.6 is 23.2 Å². The molecule has 7 heteroatoms. The van der Waals surface area contributed by atoms with Gasteiger partial charge in [0.1, 0.15) is 10.7 Å². The molecule has 0 saturated carbocycles. The van der Waals surface area contributed by atoms with Gasteiger partial charge in [0.25, 0.3) is 11.7 Å². The van der Waals surface area contributed by atoms with E-state index in [2.05, 4.69) is 4.98 Å². The van der Waals surface area contributed by atoms with Crippen LogP contribution in [0.25, 0.3) is 0 Å². The van der Waals surface area contributed by atoms with Crippen molar-refractivity contribution in [3.05, 3.63) is 28.3 Å². The lowest BCUT2D eigenvalue weighted by atomic mass is 10.2. The molecule has 0 amide bonds. The molecule has 0 bridgehead atoms. The molecule has 0 unspecified atom stereocenters. The van der Waals surface area contributed by atoms with E-state index in [9.17, 15) is 18.0 Å². The Morgan fingerprint density at radius 1 is 1.50 bits per heavy atom. The Morgan fingerprint density at radius 2 is 2.07 bits per heavy atom. The van der Waals surface area contributed by atoms with Gasteiger partial charge in [0.15, 0.2) is 0 Å². The van der Waals surface area contributed by atoms with E-state index >= 15 is 0 Å². The summed E-state index contributed by atoms with van der Waals surface area (Å²) in [7, 11) is 0. The van der Waals surface area contributed by atoms with Gasteiger partial charge in [0.05, 0.1) is 5.56 Å². The van der Waals surface area contributed by atoms with Crippen molar-refractivity contribution in [2.75, 3.05) is 0 Å². The van der Waals surface area contributed by atoms with Crippen molar-refractivity contribution in [2.45, 2.75) is 6.43 Å². The summed E-state index contributed by atoms with van der Waals surface area (Å²) in [5.41, 5.74) is -1.40. The van der Waals surface area contributed by atoms with Crippen molar-refractivity contribution in [3.63, 3.8) is 0 Å². The number of carbonyl (C=O) groups excluding carboxylic acids is 1. The molecule has 0 aliphatic carbocycles. The zero-order chi connectivity index (χ0) is 10.9. The number of alkyl halides is 2. The topological polar surface area (TPSA) is 30.0 Å². The van der Waals surface area contributed by atoms with Crippen LogP contribution in [-0.2, 0) is 0 Å². The van der Waals surface area contributed by atoms with Crippen LogP contribution in [0, 0.1) is 5.95 Å². The first-order chi connectivity index (χ1) is 6.43. The SMILES string of the molecule is O=C(Cl)c1cc(C(F)F)nc(F)c1Cl. The molecule has 0 aliphatic heterocycles. The molecule has 2 nitrogen and oxygen atoms in total. The quantitative estimate of drug-likeness (QED) is 0.590. The maximum Gasteiger partial charge on any atom is 0.280 e. The van der Waals surface area contributed by atoms with Crippen LogP contribution in [0.5, 0.6) is 0 Å². The Labute approximate surface area is 86.6 Å². The Balaban J connectivity index is 3.35. The lowest BCUT2D eigenvalue weighted by molar-refractivity contribution is 0.108. The number of rotatable bonds is 2. The van der Waals surface area contributed by atoms with E-state index in [4.69, 9.17) is 23.2 Å². The predicted octanol–water partition coefficient (Wildman–Crippen LogP) is 3.19. The fraction of sp³-hybridized carbons (Fsp3) is 0.143. The smallest absolute Gasteiger partial charge is 0.276 e. The molecule has 1 rings (SSSR count). The van der Waals surface area contributed by atoms with Gasteiger partial charge >= 0.3 is 0 Å². The summed E-state index contributed by atoms with van der Waals surface area (Å²) >= 11 is 10.3. The molecule has 76 valence electrons. The van der Waals surface area contributed by atoms with Crippen molar-refractivity contribution < 1.29 is 18.0 Å². The summed E-state index contributed by atoms with van der Waals surface area (Å²) < 4.78 is 37.0. The molecule has 0 atom stereocenters. The zero-order valence-corrected chi connectivity index (χ0v) is 7.91. The number of pyridine rings is 1. The standard InChI is InChI=1S/C7H2Cl2F3NO/c8-4-2(5(9)14)1-3(6(10)11)13-7(4)12/h1,6H. The van der Waals surface area contributed by atoms with Gasteiger partial charge < -0.3 is 0 Å². The van der Waals surface area contributed by atoms with E-state index in [1.807, 2.05) is 0 Å². The van der Waals surface area contributed by atoms with Gasteiger partial charge in [-0.2, -0.15) is 4.39 Å². The minimum absolute atomic E-state index is 0.517. The van der Waals surface area contributed by atoms with Crippen LogP contribution in [0.4, 0.5) is 13.2 Å². The van der Waals surface area contributed by atoms with E-state index < -0.39 is 33.9 Å². The normalized spacial score (nSPS) is 10.7. The largest absolute Gasteiger partial charge is 0.280 e. The lowest BCUT2D eigenvalue weighted by Crippen LogP contribution is -2.01. The van der Waals surface area contributed by atoms with E-state index in [1.54, 1.807) is 0 Å². The number of nitrogens with zero attached hydrogens (tertiary/aromatic N) is 1. The first-order valence-electron chi connectivity index (χ1n) is 3.27. The number of carbonyl (C=O) groups is 1. The van der Waals surface area contributed by atoms with E-state index in [-0.39, 0.29) is 0 Å². The maximum absolute atomic E-state index is 12.8. The highest BCUT2D eigenvalue weighted by Gasteiger charge is 2.19. The third-order valence-corrected chi connectivity index (χ3v) is 1.94. The molecular formula is C7H2Cl2F3NO. The molecule has 0 saturated heterocycles. The third kappa shape index (κ3) is 2.16. The maximum atomic E-state index is 12.8. The van der Waals surface area contributed by atoms with Gasteiger partial charge in [-0.1, -0.05) is 11.6 Å². The minimum Gasteiger partial charge on any atom is -0.276 e. The van der Waals surface area contributed by atoms with Crippen LogP contribution in [0.15, 0.2) is 6.07 Å². The average Bonchev–Trinajstić information content (AvgIpc) is 2.08. The highest BCUT2D eigenvalue weighted by Crippen LogP contribution is 2.25. The molecule has 0 N–H and O–H groups in total.